The molecule has 0 bridgehead atoms. The lowest BCUT2D eigenvalue weighted by Crippen LogP contribution is -2.44. The number of carbonyl (C=O) groups excluding carboxylic acids is 1. The molecule has 0 saturated heterocycles. The topological polar surface area (TPSA) is 86.6 Å². The van der Waals surface area contributed by atoms with Crippen molar-refractivity contribution in [2.45, 2.75) is 24.7 Å². The molecule has 27 heavy (non-hydrogen) atoms. The zero-order chi connectivity index (χ0) is 20.2. The Labute approximate surface area is 166 Å². The molecule has 2 rings (SSSR count). The van der Waals surface area contributed by atoms with Crippen molar-refractivity contribution in [2.24, 2.45) is 0 Å². The third-order valence-corrected chi connectivity index (χ3v) is 4.85. The number of benzene rings is 2. The number of halogens is 4. The van der Waals surface area contributed by atoms with Crippen molar-refractivity contribution < 1.29 is 33.0 Å². The van der Waals surface area contributed by atoms with Crippen LogP contribution in [0, 0.1) is 3.57 Å². The number of aliphatic hydroxyl groups is 1. The highest BCUT2D eigenvalue weighted by molar-refractivity contribution is 14.1. The molecule has 3 N–H and O–H groups in total. The molecule has 1 amide bonds. The number of rotatable bonds is 6. The second-order valence-corrected chi connectivity index (χ2v) is 6.88. The minimum Gasteiger partial charge on any atom is -0.480 e. The van der Waals surface area contributed by atoms with Gasteiger partial charge in [-0.1, -0.05) is 30.3 Å². The summed E-state index contributed by atoms with van der Waals surface area (Å²) in [6, 6.07) is 9.16. The Hall–Kier alpha value is -2.14. The summed E-state index contributed by atoms with van der Waals surface area (Å²) >= 11 is 2.04. The normalized spacial score (nSPS) is 13.7. The summed E-state index contributed by atoms with van der Waals surface area (Å²) in [7, 11) is 0. The van der Waals surface area contributed by atoms with Crippen LogP contribution >= 0.6 is 22.6 Å². The molecule has 0 unspecified atom stereocenters. The average Bonchev–Trinajstić information content (AvgIpc) is 2.61. The van der Waals surface area contributed by atoms with Crippen molar-refractivity contribution in [1.82, 2.24) is 5.32 Å². The Balaban J connectivity index is 2.10. The predicted molar refractivity (Wildman–Crippen MR) is 98.8 cm³/mol. The molecule has 2 atom stereocenters. The van der Waals surface area contributed by atoms with Gasteiger partial charge in [0.2, 0.25) is 0 Å². The number of hydrogen-bond donors (Lipinski definition) is 3. The highest BCUT2D eigenvalue weighted by Gasteiger charge is 2.31. The molecule has 0 radical (unpaired) electrons. The minimum atomic E-state index is -4.53. The van der Waals surface area contributed by atoms with Crippen LogP contribution in [0.4, 0.5) is 13.2 Å². The average molecular weight is 493 g/mol. The van der Waals surface area contributed by atoms with E-state index in [2.05, 4.69) is 5.32 Å². The molecular formula is C18H15F3INO4. The summed E-state index contributed by atoms with van der Waals surface area (Å²) in [5, 5.41) is 21.6. The van der Waals surface area contributed by atoms with Gasteiger partial charge >= 0.3 is 12.1 Å². The number of carbonyl (C=O) groups is 2. The summed E-state index contributed by atoms with van der Waals surface area (Å²) in [5.74, 6) is -2.30. The summed E-state index contributed by atoms with van der Waals surface area (Å²) in [6.07, 6.45) is -6.32. The van der Waals surface area contributed by atoms with Gasteiger partial charge in [-0.2, -0.15) is 13.2 Å². The van der Waals surface area contributed by atoms with Gasteiger partial charge < -0.3 is 15.5 Å². The first kappa shape index (κ1) is 21.2. The van der Waals surface area contributed by atoms with E-state index in [9.17, 15) is 33.0 Å². The largest absolute Gasteiger partial charge is 0.480 e. The van der Waals surface area contributed by atoms with Crippen LogP contribution in [0.25, 0.3) is 0 Å². The molecule has 0 fully saturated rings. The summed E-state index contributed by atoms with van der Waals surface area (Å²) in [4.78, 5) is 23.6. The zero-order valence-corrected chi connectivity index (χ0v) is 15.9. The van der Waals surface area contributed by atoms with Gasteiger partial charge in [0.15, 0.2) is 6.10 Å². The number of aliphatic carboxylic acids is 1. The van der Waals surface area contributed by atoms with E-state index in [4.69, 9.17) is 0 Å². The maximum absolute atomic E-state index is 12.6. The molecule has 144 valence electrons. The molecular weight excluding hydrogens is 478 g/mol. The molecule has 5 nitrogen and oxygen atoms in total. The van der Waals surface area contributed by atoms with Crippen molar-refractivity contribution in [3.8, 4) is 0 Å². The highest BCUT2D eigenvalue weighted by Crippen LogP contribution is 2.30. The van der Waals surface area contributed by atoms with Crippen LogP contribution in [0.3, 0.4) is 0 Å². The van der Waals surface area contributed by atoms with Crippen LogP contribution < -0.4 is 5.32 Å². The first-order chi connectivity index (χ1) is 12.6. The van der Waals surface area contributed by atoms with E-state index in [1.54, 1.807) is 24.3 Å². The SMILES string of the molecule is O=C(O)[C@H](Cc1ccccc1I)NC(=O)[C@H](O)c1ccc(C(F)(F)F)cc1. The lowest BCUT2D eigenvalue weighted by Gasteiger charge is -2.18. The lowest BCUT2D eigenvalue weighted by atomic mass is 10.0. The smallest absolute Gasteiger partial charge is 0.416 e. The Morgan fingerprint density at radius 2 is 1.67 bits per heavy atom. The van der Waals surface area contributed by atoms with E-state index in [0.29, 0.717) is 5.56 Å². The fourth-order valence-corrected chi connectivity index (χ4v) is 2.95. The molecule has 0 saturated carbocycles. The van der Waals surface area contributed by atoms with Crippen LogP contribution in [0.5, 0.6) is 0 Å². The fraction of sp³-hybridized carbons (Fsp3) is 0.222. The van der Waals surface area contributed by atoms with Crippen molar-refractivity contribution in [1.29, 1.82) is 0 Å². The second kappa shape index (κ2) is 8.70. The fourth-order valence-electron chi connectivity index (χ4n) is 2.34. The first-order valence-corrected chi connectivity index (χ1v) is 8.79. The van der Waals surface area contributed by atoms with Crippen molar-refractivity contribution >= 4 is 34.5 Å². The Kier molecular flexibility index (Phi) is 6.82. The van der Waals surface area contributed by atoms with E-state index in [1.807, 2.05) is 22.6 Å². The number of aliphatic hydroxyl groups excluding tert-OH is 1. The van der Waals surface area contributed by atoms with E-state index in [0.717, 1.165) is 27.8 Å². The monoisotopic (exact) mass is 493 g/mol. The van der Waals surface area contributed by atoms with E-state index >= 15 is 0 Å². The van der Waals surface area contributed by atoms with Gasteiger partial charge in [0, 0.05) is 9.99 Å². The van der Waals surface area contributed by atoms with Gasteiger partial charge in [-0.05, 0) is 51.9 Å². The number of alkyl halides is 3. The summed E-state index contributed by atoms with van der Waals surface area (Å²) < 4.78 is 38.5. The molecule has 0 aliphatic rings. The third-order valence-electron chi connectivity index (χ3n) is 3.80. The number of carboxylic acids is 1. The molecule has 2 aromatic carbocycles. The quantitative estimate of drug-likeness (QED) is 0.540. The number of hydrogen-bond acceptors (Lipinski definition) is 3. The van der Waals surface area contributed by atoms with Gasteiger partial charge in [0.05, 0.1) is 5.56 Å². The van der Waals surface area contributed by atoms with Gasteiger partial charge in [-0.3, -0.25) is 4.79 Å². The molecule has 0 aromatic heterocycles. The van der Waals surface area contributed by atoms with Gasteiger partial charge in [-0.15, -0.1) is 0 Å². The zero-order valence-electron chi connectivity index (χ0n) is 13.7. The molecule has 9 heteroatoms. The van der Waals surface area contributed by atoms with Gasteiger partial charge in [-0.25, -0.2) is 4.79 Å². The van der Waals surface area contributed by atoms with Crippen LogP contribution in [-0.2, 0) is 22.2 Å². The molecule has 0 heterocycles. The maximum Gasteiger partial charge on any atom is 0.416 e. The van der Waals surface area contributed by atoms with Crippen molar-refractivity contribution in [3.05, 3.63) is 68.8 Å². The van der Waals surface area contributed by atoms with E-state index < -0.39 is 35.8 Å². The number of amides is 1. The second-order valence-electron chi connectivity index (χ2n) is 5.72. The Morgan fingerprint density at radius 3 is 2.19 bits per heavy atom. The Bertz CT molecular complexity index is 824. The van der Waals surface area contributed by atoms with Gasteiger partial charge in [0.25, 0.3) is 5.91 Å². The van der Waals surface area contributed by atoms with Crippen molar-refractivity contribution in [2.75, 3.05) is 0 Å². The van der Waals surface area contributed by atoms with Gasteiger partial charge in [0.1, 0.15) is 6.04 Å². The van der Waals surface area contributed by atoms with E-state index in [1.165, 1.54) is 0 Å². The molecule has 0 spiro atoms. The predicted octanol–water partition coefficient (Wildman–Crippen LogP) is 3.16. The standard InChI is InChI=1S/C18H15F3INO4/c19-18(20,21)12-7-5-10(6-8-12)15(24)16(25)23-14(17(26)27)9-11-3-1-2-4-13(11)22/h1-8,14-15,24H,9H2,(H,23,25)(H,26,27)/t14-,15+/m0/s1. The van der Waals surface area contributed by atoms with Crippen LogP contribution in [0.15, 0.2) is 48.5 Å². The van der Waals surface area contributed by atoms with Crippen LogP contribution in [0.1, 0.15) is 22.8 Å². The number of carboxylic acid groups (broad SMARTS) is 1. The molecule has 2 aromatic rings. The third kappa shape index (κ3) is 5.67. The summed E-state index contributed by atoms with van der Waals surface area (Å²) in [5.41, 5.74) is -0.283. The van der Waals surface area contributed by atoms with E-state index in [-0.39, 0.29) is 12.0 Å². The lowest BCUT2D eigenvalue weighted by molar-refractivity contribution is -0.143. The van der Waals surface area contributed by atoms with Crippen LogP contribution in [-0.4, -0.2) is 28.1 Å². The minimum absolute atomic E-state index is 0.0000811. The summed E-state index contributed by atoms with van der Waals surface area (Å²) in [6.45, 7) is 0. The maximum atomic E-state index is 12.6. The Morgan fingerprint density at radius 1 is 1.07 bits per heavy atom. The van der Waals surface area contributed by atoms with Crippen molar-refractivity contribution in [3.63, 3.8) is 0 Å². The molecule has 0 aliphatic heterocycles. The first-order valence-electron chi connectivity index (χ1n) is 7.71. The molecule has 0 aliphatic carbocycles. The van der Waals surface area contributed by atoms with Crippen LogP contribution in [0.2, 0.25) is 0 Å². The number of nitrogens with one attached hydrogen (secondary N) is 1. The highest BCUT2D eigenvalue weighted by atomic mass is 127.